The van der Waals surface area contributed by atoms with Gasteiger partial charge in [-0.25, -0.2) is 8.42 Å². The van der Waals surface area contributed by atoms with Gasteiger partial charge in [0, 0.05) is 12.6 Å². The van der Waals surface area contributed by atoms with Gasteiger partial charge in [-0.15, -0.1) is 12.4 Å². The summed E-state index contributed by atoms with van der Waals surface area (Å²) in [7, 11) is -3.36. The summed E-state index contributed by atoms with van der Waals surface area (Å²) in [4.78, 5) is 2.96. The molecular weight excluding hydrogens is 356 g/mol. The third-order valence-electron chi connectivity index (χ3n) is 5.57. The van der Waals surface area contributed by atoms with Crippen LogP contribution in [0.2, 0.25) is 0 Å². The standard InChI is InChI=1S/C19H30N2O2S.ClH/c1-16-8-12-20(13-9-16)14-10-18-6-4-11-21(18)24(22,23)19-7-3-5-17(2)15-19;/h3,5,7,15-16,18H,4,6,8-14H2,1-2H3;1H/t18-;/m1./s1. The Kier molecular flexibility index (Phi) is 7.32. The number of likely N-dealkylation sites (tertiary alicyclic amines) is 1. The number of benzene rings is 1. The van der Waals surface area contributed by atoms with Crippen molar-refractivity contribution in [3.8, 4) is 0 Å². The van der Waals surface area contributed by atoms with E-state index in [9.17, 15) is 8.42 Å². The Bertz CT molecular complexity index is 657. The van der Waals surface area contributed by atoms with Crippen molar-refractivity contribution < 1.29 is 8.42 Å². The highest BCUT2D eigenvalue weighted by Gasteiger charge is 2.35. The third-order valence-corrected chi connectivity index (χ3v) is 7.52. The van der Waals surface area contributed by atoms with E-state index in [-0.39, 0.29) is 18.4 Å². The summed E-state index contributed by atoms with van der Waals surface area (Å²) < 4.78 is 27.8. The Morgan fingerprint density at radius 3 is 2.52 bits per heavy atom. The van der Waals surface area contributed by atoms with Crippen LogP contribution in [0, 0.1) is 12.8 Å². The molecule has 3 rings (SSSR count). The molecule has 1 atom stereocenters. The van der Waals surface area contributed by atoms with Crippen LogP contribution in [0.5, 0.6) is 0 Å². The first-order chi connectivity index (χ1) is 11.5. The maximum absolute atomic E-state index is 13.0. The van der Waals surface area contributed by atoms with Crippen LogP contribution in [0.25, 0.3) is 0 Å². The maximum Gasteiger partial charge on any atom is 0.243 e. The van der Waals surface area contributed by atoms with Gasteiger partial charge in [-0.3, -0.25) is 0 Å². The van der Waals surface area contributed by atoms with Gasteiger partial charge in [0.15, 0.2) is 0 Å². The molecule has 0 radical (unpaired) electrons. The summed E-state index contributed by atoms with van der Waals surface area (Å²) in [6.07, 6.45) is 5.48. The van der Waals surface area contributed by atoms with Crippen molar-refractivity contribution in [2.24, 2.45) is 5.92 Å². The molecular formula is C19H31ClN2O2S. The molecule has 142 valence electrons. The quantitative estimate of drug-likeness (QED) is 0.774. The fourth-order valence-electron chi connectivity index (χ4n) is 3.94. The lowest BCUT2D eigenvalue weighted by Crippen LogP contribution is -2.40. The number of sulfonamides is 1. The molecule has 2 fully saturated rings. The van der Waals surface area contributed by atoms with E-state index in [0.29, 0.717) is 11.4 Å². The number of hydrogen-bond donors (Lipinski definition) is 0. The van der Waals surface area contributed by atoms with E-state index in [0.717, 1.165) is 37.3 Å². The highest BCUT2D eigenvalue weighted by atomic mass is 35.5. The van der Waals surface area contributed by atoms with Crippen LogP contribution >= 0.6 is 12.4 Å². The second kappa shape index (κ2) is 8.85. The Morgan fingerprint density at radius 1 is 1.12 bits per heavy atom. The van der Waals surface area contributed by atoms with E-state index in [1.807, 2.05) is 19.1 Å². The van der Waals surface area contributed by atoms with Gasteiger partial charge in [-0.1, -0.05) is 19.1 Å². The van der Waals surface area contributed by atoms with Crippen molar-refractivity contribution in [2.45, 2.75) is 56.9 Å². The SMILES string of the molecule is Cc1cccc(S(=O)(=O)N2CCC[C@@H]2CCN2CCC(C)CC2)c1.Cl. The largest absolute Gasteiger partial charge is 0.303 e. The van der Waals surface area contributed by atoms with Crippen molar-refractivity contribution in [1.29, 1.82) is 0 Å². The zero-order valence-electron chi connectivity index (χ0n) is 15.4. The zero-order chi connectivity index (χ0) is 17.2. The second-order valence-corrected chi connectivity index (χ2v) is 9.43. The fraction of sp³-hybridized carbons (Fsp3) is 0.684. The van der Waals surface area contributed by atoms with Gasteiger partial charge >= 0.3 is 0 Å². The molecule has 0 spiro atoms. The van der Waals surface area contributed by atoms with Gasteiger partial charge in [0.25, 0.3) is 0 Å². The summed E-state index contributed by atoms with van der Waals surface area (Å²) in [5, 5.41) is 0. The van der Waals surface area contributed by atoms with E-state index in [2.05, 4.69) is 11.8 Å². The molecule has 4 nitrogen and oxygen atoms in total. The van der Waals surface area contributed by atoms with Crippen LogP contribution in [-0.2, 0) is 10.0 Å². The number of hydrogen-bond acceptors (Lipinski definition) is 3. The molecule has 2 heterocycles. The van der Waals surface area contributed by atoms with E-state index >= 15 is 0 Å². The summed E-state index contributed by atoms with van der Waals surface area (Å²) >= 11 is 0. The van der Waals surface area contributed by atoms with E-state index < -0.39 is 10.0 Å². The molecule has 0 amide bonds. The summed E-state index contributed by atoms with van der Waals surface area (Å²) in [5.41, 5.74) is 0.995. The molecule has 0 unspecified atom stereocenters. The van der Waals surface area contributed by atoms with E-state index in [4.69, 9.17) is 0 Å². The normalized spacial score (nSPS) is 23.5. The Hall–Kier alpha value is -0.620. The lowest BCUT2D eigenvalue weighted by molar-refractivity contribution is 0.179. The zero-order valence-corrected chi connectivity index (χ0v) is 17.0. The Balaban J connectivity index is 0.00000225. The van der Waals surface area contributed by atoms with E-state index in [1.54, 1.807) is 16.4 Å². The van der Waals surface area contributed by atoms with Crippen molar-refractivity contribution in [3.63, 3.8) is 0 Å². The van der Waals surface area contributed by atoms with Crippen molar-refractivity contribution in [1.82, 2.24) is 9.21 Å². The van der Waals surface area contributed by atoms with Gasteiger partial charge in [-0.05, 0) is 82.3 Å². The molecule has 2 aliphatic rings. The Morgan fingerprint density at radius 2 is 1.84 bits per heavy atom. The molecule has 1 aromatic carbocycles. The molecule has 0 aromatic heterocycles. The number of nitrogens with zero attached hydrogens (tertiary/aromatic N) is 2. The van der Waals surface area contributed by atoms with Crippen LogP contribution in [-0.4, -0.2) is 49.8 Å². The molecule has 0 saturated carbocycles. The average Bonchev–Trinajstić information content (AvgIpc) is 3.04. The number of halogens is 1. The first-order valence-corrected chi connectivity index (χ1v) is 10.7. The third kappa shape index (κ3) is 4.97. The predicted molar refractivity (Wildman–Crippen MR) is 105 cm³/mol. The van der Waals surface area contributed by atoms with Gasteiger partial charge in [0.1, 0.15) is 0 Å². The minimum absolute atomic E-state index is 0. The molecule has 0 bridgehead atoms. The summed E-state index contributed by atoms with van der Waals surface area (Å²) in [5.74, 6) is 0.839. The van der Waals surface area contributed by atoms with Crippen LogP contribution in [0.15, 0.2) is 29.2 Å². The summed E-state index contributed by atoms with van der Waals surface area (Å²) in [6, 6.07) is 7.45. The van der Waals surface area contributed by atoms with Crippen molar-refractivity contribution in [3.05, 3.63) is 29.8 Å². The minimum atomic E-state index is -3.36. The lowest BCUT2D eigenvalue weighted by Gasteiger charge is -2.32. The smallest absolute Gasteiger partial charge is 0.243 e. The molecule has 6 heteroatoms. The van der Waals surface area contributed by atoms with Crippen LogP contribution in [0.1, 0.15) is 44.6 Å². The first kappa shape index (κ1) is 20.7. The number of aryl methyl sites for hydroxylation is 1. The lowest BCUT2D eigenvalue weighted by atomic mass is 9.99. The first-order valence-electron chi connectivity index (χ1n) is 9.27. The highest BCUT2D eigenvalue weighted by molar-refractivity contribution is 7.89. The number of piperidine rings is 1. The van der Waals surface area contributed by atoms with Crippen LogP contribution in [0.4, 0.5) is 0 Å². The fourth-order valence-corrected chi connectivity index (χ4v) is 5.77. The van der Waals surface area contributed by atoms with E-state index in [1.165, 1.54) is 25.9 Å². The topological polar surface area (TPSA) is 40.6 Å². The molecule has 0 N–H and O–H groups in total. The summed E-state index contributed by atoms with van der Waals surface area (Å²) in [6.45, 7) is 8.29. The van der Waals surface area contributed by atoms with Crippen LogP contribution < -0.4 is 0 Å². The monoisotopic (exact) mass is 386 g/mol. The average molecular weight is 387 g/mol. The molecule has 25 heavy (non-hydrogen) atoms. The van der Waals surface area contributed by atoms with Gasteiger partial charge in [-0.2, -0.15) is 4.31 Å². The molecule has 0 aliphatic carbocycles. The molecule has 1 aromatic rings. The van der Waals surface area contributed by atoms with Gasteiger partial charge in [0.2, 0.25) is 10.0 Å². The van der Waals surface area contributed by atoms with Gasteiger partial charge in [0.05, 0.1) is 4.90 Å². The maximum atomic E-state index is 13.0. The molecule has 2 aliphatic heterocycles. The predicted octanol–water partition coefficient (Wildman–Crippen LogP) is 3.69. The van der Waals surface area contributed by atoms with Crippen LogP contribution in [0.3, 0.4) is 0 Å². The van der Waals surface area contributed by atoms with Crippen molar-refractivity contribution in [2.75, 3.05) is 26.2 Å². The van der Waals surface area contributed by atoms with Gasteiger partial charge < -0.3 is 4.90 Å². The number of rotatable bonds is 5. The highest BCUT2D eigenvalue weighted by Crippen LogP contribution is 2.28. The Labute approximate surface area is 159 Å². The molecule has 2 saturated heterocycles. The minimum Gasteiger partial charge on any atom is -0.303 e. The second-order valence-electron chi connectivity index (χ2n) is 7.54. The van der Waals surface area contributed by atoms with Crippen molar-refractivity contribution >= 4 is 22.4 Å².